The molecule has 1 aliphatic rings. The zero-order valence-corrected chi connectivity index (χ0v) is 4.72. The maximum absolute atomic E-state index is 7.16. The third-order valence-corrected chi connectivity index (χ3v) is 1.09. The Morgan fingerprint density at radius 2 is 1.62 bits per heavy atom. The molecule has 1 nitrogen and oxygen atoms in total. The van der Waals surface area contributed by atoms with Crippen LogP contribution in [0.4, 0.5) is 0 Å². The summed E-state index contributed by atoms with van der Waals surface area (Å²) >= 11 is 0. The van der Waals surface area contributed by atoms with Gasteiger partial charge in [0.25, 0.3) is 0 Å². The van der Waals surface area contributed by atoms with E-state index >= 15 is 0 Å². The van der Waals surface area contributed by atoms with E-state index in [-0.39, 0.29) is 0 Å². The molecule has 0 spiro atoms. The third kappa shape index (κ3) is 1.34. The van der Waals surface area contributed by atoms with E-state index in [9.17, 15) is 0 Å². The average Bonchev–Trinajstić information content (AvgIpc) is 1.94. The van der Waals surface area contributed by atoms with Gasteiger partial charge in [-0.25, -0.2) is 0 Å². The van der Waals surface area contributed by atoms with Crippen molar-refractivity contribution in [2.75, 3.05) is 0 Å². The van der Waals surface area contributed by atoms with Crippen LogP contribution in [0.1, 0.15) is 12.8 Å². The van der Waals surface area contributed by atoms with Gasteiger partial charge in [-0.1, -0.05) is 12.2 Å². The van der Waals surface area contributed by atoms with Crippen molar-refractivity contribution in [2.24, 2.45) is 0 Å². The van der Waals surface area contributed by atoms with Gasteiger partial charge in [-0.2, -0.15) is 0 Å². The van der Waals surface area contributed by atoms with E-state index in [1.54, 1.807) is 0 Å². The zero-order valence-electron chi connectivity index (χ0n) is 4.72. The highest BCUT2D eigenvalue weighted by Gasteiger charge is 1.86. The zero-order chi connectivity index (χ0) is 5.82. The summed E-state index contributed by atoms with van der Waals surface area (Å²) < 4.78 is 0. The van der Waals surface area contributed by atoms with Gasteiger partial charge in [-0.05, 0) is 25.0 Å². The molecule has 0 aromatic rings. The van der Waals surface area contributed by atoms with Crippen molar-refractivity contribution >= 4 is 5.71 Å². The predicted molar refractivity (Wildman–Crippen MR) is 35.2 cm³/mol. The highest BCUT2D eigenvalue weighted by Crippen LogP contribution is 1.98. The first kappa shape index (κ1) is 5.29. The molecule has 0 radical (unpaired) electrons. The second-order valence-electron chi connectivity index (χ2n) is 1.84. The van der Waals surface area contributed by atoms with Gasteiger partial charge in [0.15, 0.2) is 0 Å². The van der Waals surface area contributed by atoms with E-state index in [4.69, 9.17) is 5.41 Å². The lowest BCUT2D eigenvalue weighted by molar-refractivity contribution is 1.06. The minimum Gasteiger partial charge on any atom is -0.301 e. The van der Waals surface area contributed by atoms with Crippen molar-refractivity contribution < 1.29 is 0 Å². The van der Waals surface area contributed by atoms with Crippen LogP contribution in [0.5, 0.6) is 0 Å². The summed E-state index contributed by atoms with van der Waals surface area (Å²) in [5, 5.41) is 7.16. The van der Waals surface area contributed by atoms with Crippen molar-refractivity contribution in [3.05, 3.63) is 24.3 Å². The normalized spacial score (nSPS) is 18.8. The molecule has 0 heterocycles. The minimum atomic E-state index is 0.613. The average molecular weight is 107 g/mol. The molecule has 42 valence electrons. The summed E-state index contributed by atoms with van der Waals surface area (Å²) in [7, 11) is 0. The van der Waals surface area contributed by atoms with Crippen LogP contribution in [-0.2, 0) is 0 Å². The van der Waals surface area contributed by atoms with Crippen molar-refractivity contribution in [3.8, 4) is 0 Å². The molecule has 0 aromatic carbocycles. The van der Waals surface area contributed by atoms with Crippen LogP contribution in [-0.4, -0.2) is 5.71 Å². The van der Waals surface area contributed by atoms with Crippen LogP contribution in [0.25, 0.3) is 0 Å². The maximum Gasteiger partial charge on any atom is 0.0533 e. The molecule has 0 atom stereocenters. The Balaban J connectivity index is 2.64. The Bertz CT molecular complexity index is 126. The van der Waals surface area contributed by atoms with Crippen molar-refractivity contribution in [3.63, 3.8) is 0 Å². The van der Waals surface area contributed by atoms with Crippen LogP contribution in [0.3, 0.4) is 0 Å². The summed E-state index contributed by atoms with van der Waals surface area (Å²) in [6.45, 7) is 0. The summed E-state index contributed by atoms with van der Waals surface area (Å²) in [6, 6.07) is 0. The lowest BCUT2D eigenvalue weighted by Crippen LogP contribution is -1.78. The number of hydrogen-bond donors (Lipinski definition) is 1. The molecule has 1 rings (SSSR count). The monoisotopic (exact) mass is 107 g/mol. The summed E-state index contributed by atoms with van der Waals surface area (Å²) in [5.41, 5.74) is 0.613. The van der Waals surface area contributed by atoms with Crippen LogP contribution in [0, 0.1) is 5.41 Å². The Labute approximate surface area is 49.2 Å². The Hall–Kier alpha value is -0.850. The Kier molecular flexibility index (Phi) is 1.62. The first-order chi connectivity index (χ1) is 3.89. The molecule has 0 aliphatic heterocycles. The summed E-state index contributed by atoms with van der Waals surface area (Å²) in [4.78, 5) is 0. The van der Waals surface area contributed by atoms with E-state index in [2.05, 4.69) is 0 Å². The van der Waals surface area contributed by atoms with E-state index in [0.717, 1.165) is 12.8 Å². The molecule has 1 N–H and O–H groups in total. The second-order valence-corrected chi connectivity index (χ2v) is 1.84. The van der Waals surface area contributed by atoms with E-state index < -0.39 is 0 Å². The fourth-order valence-corrected chi connectivity index (χ4v) is 0.669. The predicted octanol–water partition coefficient (Wildman–Crippen LogP) is 1.91. The van der Waals surface area contributed by atoms with Gasteiger partial charge < -0.3 is 5.41 Å². The van der Waals surface area contributed by atoms with Gasteiger partial charge in [0.05, 0.1) is 5.71 Å². The molecule has 0 fully saturated rings. The number of hydrogen-bond acceptors (Lipinski definition) is 1. The number of allylic oxidation sites excluding steroid dienone is 4. The number of rotatable bonds is 0. The molecule has 1 heteroatoms. The standard InChI is InChI=1S/C7H9N/c8-7-5-3-1-2-4-6-7/h3-6,8H,1-2H2. The molecule has 0 aromatic heterocycles. The second kappa shape index (κ2) is 2.46. The highest BCUT2D eigenvalue weighted by atomic mass is 14.4. The van der Waals surface area contributed by atoms with Gasteiger partial charge in [-0.15, -0.1) is 0 Å². The fraction of sp³-hybridized carbons (Fsp3) is 0.286. The summed E-state index contributed by atoms with van der Waals surface area (Å²) in [6.07, 6.45) is 9.90. The van der Waals surface area contributed by atoms with Gasteiger partial charge in [0.1, 0.15) is 0 Å². The molecule has 0 amide bonds. The van der Waals surface area contributed by atoms with E-state index in [1.807, 2.05) is 24.3 Å². The Morgan fingerprint density at radius 1 is 1.12 bits per heavy atom. The maximum atomic E-state index is 7.16. The molecule has 0 saturated carbocycles. The number of nitrogens with one attached hydrogen (secondary N) is 1. The largest absolute Gasteiger partial charge is 0.301 e. The van der Waals surface area contributed by atoms with Crippen molar-refractivity contribution in [1.82, 2.24) is 0 Å². The lowest BCUT2D eigenvalue weighted by Gasteiger charge is -1.77. The van der Waals surface area contributed by atoms with Crippen molar-refractivity contribution in [2.45, 2.75) is 12.8 Å². The molecule has 8 heavy (non-hydrogen) atoms. The SMILES string of the molecule is N=C1C=CCCC=C1. The first-order valence-electron chi connectivity index (χ1n) is 2.81. The third-order valence-electron chi connectivity index (χ3n) is 1.09. The lowest BCUT2D eigenvalue weighted by atomic mass is 10.3. The van der Waals surface area contributed by atoms with E-state index in [0.29, 0.717) is 5.71 Å². The highest BCUT2D eigenvalue weighted by molar-refractivity contribution is 6.01. The topological polar surface area (TPSA) is 23.9 Å². The van der Waals surface area contributed by atoms with Gasteiger partial charge in [0, 0.05) is 0 Å². The van der Waals surface area contributed by atoms with E-state index in [1.165, 1.54) is 0 Å². The Morgan fingerprint density at radius 3 is 2.12 bits per heavy atom. The first-order valence-corrected chi connectivity index (χ1v) is 2.81. The molecule has 0 unspecified atom stereocenters. The minimum absolute atomic E-state index is 0.613. The quantitative estimate of drug-likeness (QED) is 0.489. The van der Waals surface area contributed by atoms with Crippen molar-refractivity contribution in [1.29, 1.82) is 5.41 Å². The van der Waals surface area contributed by atoms with Crippen LogP contribution < -0.4 is 0 Å². The smallest absolute Gasteiger partial charge is 0.0533 e. The molecule has 0 bridgehead atoms. The fourth-order valence-electron chi connectivity index (χ4n) is 0.669. The molecule has 0 saturated heterocycles. The summed E-state index contributed by atoms with van der Waals surface area (Å²) in [5.74, 6) is 0. The van der Waals surface area contributed by atoms with Crippen LogP contribution in [0.15, 0.2) is 24.3 Å². The molecular formula is C7H9N. The van der Waals surface area contributed by atoms with Gasteiger partial charge >= 0.3 is 0 Å². The van der Waals surface area contributed by atoms with Gasteiger partial charge in [-0.3, -0.25) is 0 Å². The van der Waals surface area contributed by atoms with Crippen LogP contribution >= 0.6 is 0 Å². The van der Waals surface area contributed by atoms with Gasteiger partial charge in [0.2, 0.25) is 0 Å². The molecular weight excluding hydrogens is 98.1 g/mol. The van der Waals surface area contributed by atoms with Crippen LogP contribution in [0.2, 0.25) is 0 Å². The molecule has 1 aliphatic carbocycles.